The standard InChI is InChI=1S/C12H21BrO2/c1-3-10-8-12(6-7-14-10)5-4-11(2,9-13)15-12/h10H,3-9H2,1-2H3. The highest BCUT2D eigenvalue weighted by Gasteiger charge is 2.48. The van der Waals surface area contributed by atoms with E-state index in [4.69, 9.17) is 9.47 Å². The Hall–Kier alpha value is 0.400. The molecule has 2 nitrogen and oxygen atoms in total. The van der Waals surface area contributed by atoms with Gasteiger partial charge in [0.1, 0.15) is 0 Å². The van der Waals surface area contributed by atoms with Crippen LogP contribution in [0.5, 0.6) is 0 Å². The van der Waals surface area contributed by atoms with Crippen LogP contribution in [0, 0.1) is 0 Å². The van der Waals surface area contributed by atoms with Crippen molar-refractivity contribution in [3.63, 3.8) is 0 Å². The summed E-state index contributed by atoms with van der Waals surface area (Å²) in [5, 5.41) is 0.944. The quantitative estimate of drug-likeness (QED) is 0.721. The summed E-state index contributed by atoms with van der Waals surface area (Å²) in [5.74, 6) is 0. The molecule has 3 unspecified atom stereocenters. The van der Waals surface area contributed by atoms with Gasteiger partial charge >= 0.3 is 0 Å². The van der Waals surface area contributed by atoms with Crippen molar-refractivity contribution in [2.45, 2.75) is 63.3 Å². The van der Waals surface area contributed by atoms with Crippen LogP contribution in [0.3, 0.4) is 0 Å². The summed E-state index contributed by atoms with van der Waals surface area (Å²) in [7, 11) is 0. The fourth-order valence-corrected chi connectivity index (χ4v) is 3.18. The van der Waals surface area contributed by atoms with Gasteiger partial charge in [-0.2, -0.15) is 0 Å². The second kappa shape index (κ2) is 4.34. The van der Waals surface area contributed by atoms with E-state index in [2.05, 4.69) is 29.8 Å². The number of alkyl halides is 1. The van der Waals surface area contributed by atoms with E-state index in [1.807, 2.05) is 0 Å². The van der Waals surface area contributed by atoms with Gasteiger partial charge in [0.2, 0.25) is 0 Å². The third-order valence-corrected chi connectivity index (χ3v) is 5.01. The molecule has 0 aliphatic carbocycles. The number of hydrogen-bond donors (Lipinski definition) is 0. The van der Waals surface area contributed by atoms with Crippen LogP contribution >= 0.6 is 15.9 Å². The Kier molecular flexibility index (Phi) is 3.44. The third kappa shape index (κ3) is 2.40. The first kappa shape index (κ1) is 11.9. The number of hydrogen-bond acceptors (Lipinski definition) is 2. The highest BCUT2D eigenvalue weighted by atomic mass is 79.9. The summed E-state index contributed by atoms with van der Waals surface area (Å²) < 4.78 is 12.1. The molecule has 2 rings (SSSR count). The van der Waals surface area contributed by atoms with Crippen molar-refractivity contribution in [3.05, 3.63) is 0 Å². The molecule has 0 aromatic rings. The SMILES string of the molecule is CCC1CC2(CCO1)CCC(C)(CBr)O2. The lowest BCUT2D eigenvalue weighted by atomic mass is 9.86. The highest BCUT2D eigenvalue weighted by Crippen LogP contribution is 2.45. The molecular formula is C12H21BrO2. The van der Waals surface area contributed by atoms with Gasteiger partial charge in [0.15, 0.2) is 0 Å². The van der Waals surface area contributed by atoms with Crippen molar-refractivity contribution in [2.75, 3.05) is 11.9 Å². The Morgan fingerprint density at radius 3 is 2.73 bits per heavy atom. The summed E-state index contributed by atoms with van der Waals surface area (Å²) in [6.07, 6.45) is 6.06. The molecule has 2 aliphatic heterocycles. The minimum atomic E-state index is 0.0512. The molecule has 2 heterocycles. The van der Waals surface area contributed by atoms with E-state index in [1.165, 1.54) is 12.8 Å². The average molecular weight is 277 g/mol. The van der Waals surface area contributed by atoms with Crippen molar-refractivity contribution in [3.8, 4) is 0 Å². The van der Waals surface area contributed by atoms with Gasteiger partial charge < -0.3 is 9.47 Å². The van der Waals surface area contributed by atoms with E-state index in [1.54, 1.807) is 0 Å². The van der Waals surface area contributed by atoms with Crippen LogP contribution in [-0.2, 0) is 9.47 Å². The van der Waals surface area contributed by atoms with Crippen LogP contribution in [0.1, 0.15) is 46.0 Å². The Morgan fingerprint density at radius 1 is 1.33 bits per heavy atom. The largest absolute Gasteiger partial charge is 0.378 e. The van der Waals surface area contributed by atoms with E-state index in [0.717, 1.165) is 31.2 Å². The zero-order valence-corrected chi connectivity index (χ0v) is 11.3. The Bertz CT molecular complexity index is 234. The van der Waals surface area contributed by atoms with Crippen LogP contribution < -0.4 is 0 Å². The molecule has 2 aliphatic rings. The maximum atomic E-state index is 6.33. The van der Waals surface area contributed by atoms with Crippen molar-refractivity contribution >= 4 is 15.9 Å². The normalized spacial score (nSPS) is 46.2. The molecule has 3 atom stereocenters. The molecular weight excluding hydrogens is 256 g/mol. The molecule has 1 spiro atoms. The first-order chi connectivity index (χ1) is 7.11. The maximum absolute atomic E-state index is 6.33. The van der Waals surface area contributed by atoms with Gasteiger partial charge in [-0.3, -0.25) is 0 Å². The van der Waals surface area contributed by atoms with Crippen LogP contribution in [0.4, 0.5) is 0 Å². The molecule has 2 fully saturated rings. The van der Waals surface area contributed by atoms with Crippen molar-refractivity contribution < 1.29 is 9.47 Å². The fraction of sp³-hybridized carbons (Fsp3) is 1.00. The lowest BCUT2D eigenvalue weighted by Gasteiger charge is -2.39. The minimum absolute atomic E-state index is 0.0512. The van der Waals surface area contributed by atoms with E-state index >= 15 is 0 Å². The summed E-state index contributed by atoms with van der Waals surface area (Å²) in [6.45, 7) is 5.28. The maximum Gasteiger partial charge on any atom is 0.0759 e. The average Bonchev–Trinajstić information content (AvgIpc) is 2.57. The lowest BCUT2D eigenvalue weighted by molar-refractivity contribution is -0.152. The predicted octanol–water partition coefficient (Wildman–Crippen LogP) is 3.28. The predicted molar refractivity (Wildman–Crippen MR) is 64.5 cm³/mol. The van der Waals surface area contributed by atoms with Gasteiger partial charge in [-0.15, -0.1) is 0 Å². The molecule has 2 saturated heterocycles. The molecule has 0 amide bonds. The van der Waals surface area contributed by atoms with Crippen LogP contribution in [0.15, 0.2) is 0 Å². The van der Waals surface area contributed by atoms with E-state index in [0.29, 0.717) is 6.10 Å². The summed E-state index contributed by atoms with van der Waals surface area (Å²) in [6, 6.07) is 0. The molecule has 0 aromatic carbocycles. The monoisotopic (exact) mass is 276 g/mol. The zero-order chi connectivity index (χ0) is 10.9. The Morgan fingerprint density at radius 2 is 2.13 bits per heavy atom. The molecule has 0 N–H and O–H groups in total. The zero-order valence-electron chi connectivity index (χ0n) is 9.72. The highest BCUT2D eigenvalue weighted by molar-refractivity contribution is 9.09. The van der Waals surface area contributed by atoms with Crippen molar-refractivity contribution in [2.24, 2.45) is 0 Å². The molecule has 0 bridgehead atoms. The summed E-state index contributed by atoms with van der Waals surface area (Å²) in [4.78, 5) is 0. The smallest absolute Gasteiger partial charge is 0.0759 e. The summed E-state index contributed by atoms with van der Waals surface area (Å²) in [5.41, 5.74) is 0.178. The second-order valence-electron chi connectivity index (χ2n) is 5.22. The van der Waals surface area contributed by atoms with Crippen LogP contribution in [-0.4, -0.2) is 29.2 Å². The topological polar surface area (TPSA) is 18.5 Å². The molecule has 0 radical (unpaired) electrons. The summed E-state index contributed by atoms with van der Waals surface area (Å²) >= 11 is 3.56. The minimum Gasteiger partial charge on any atom is -0.378 e. The van der Waals surface area contributed by atoms with Crippen molar-refractivity contribution in [1.29, 1.82) is 0 Å². The fourth-order valence-electron chi connectivity index (χ4n) is 2.78. The van der Waals surface area contributed by atoms with E-state index in [-0.39, 0.29) is 11.2 Å². The molecule has 0 aromatic heterocycles. The molecule has 88 valence electrons. The first-order valence-corrected chi connectivity index (χ1v) is 7.11. The van der Waals surface area contributed by atoms with Gasteiger partial charge in [-0.1, -0.05) is 22.9 Å². The Labute approximate surface area is 101 Å². The number of rotatable bonds is 2. The van der Waals surface area contributed by atoms with Gasteiger partial charge in [-0.25, -0.2) is 0 Å². The van der Waals surface area contributed by atoms with Crippen molar-refractivity contribution in [1.82, 2.24) is 0 Å². The Balaban J connectivity index is 2.02. The number of halogens is 1. The second-order valence-corrected chi connectivity index (χ2v) is 5.78. The first-order valence-electron chi connectivity index (χ1n) is 5.99. The van der Waals surface area contributed by atoms with Crippen LogP contribution in [0.2, 0.25) is 0 Å². The van der Waals surface area contributed by atoms with E-state index < -0.39 is 0 Å². The van der Waals surface area contributed by atoms with Gasteiger partial charge in [0.05, 0.1) is 17.3 Å². The molecule has 0 saturated carbocycles. The lowest BCUT2D eigenvalue weighted by Crippen LogP contribution is -2.42. The third-order valence-electron chi connectivity index (χ3n) is 3.82. The molecule has 15 heavy (non-hydrogen) atoms. The van der Waals surface area contributed by atoms with E-state index in [9.17, 15) is 0 Å². The molecule has 3 heteroatoms. The van der Waals surface area contributed by atoms with Gasteiger partial charge in [0, 0.05) is 18.4 Å². The van der Waals surface area contributed by atoms with Gasteiger partial charge in [-0.05, 0) is 32.6 Å². The van der Waals surface area contributed by atoms with Gasteiger partial charge in [0.25, 0.3) is 0 Å². The van der Waals surface area contributed by atoms with Crippen LogP contribution in [0.25, 0.3) is 0 Å². The number of ether oxygens (including phenoxy) is 2.